The zero-order valence-electron chi connectivity index (χ0n) is 16.9. The van der Waals surface area contributed by atoms with Gasteiger partial charge in [-0.1, -0.05) is 0 Å². The van der Waals surface area contributed by atoms with E-state index in [1.807, 2.05) is 11.5 Å². The SMILES string of the molecule is C[C@@H]1CCc2c(N3CCC4(CCN(C)C4)C3)c(F)cc3c(=O)c(C(=O)O)cn1c23. The molecule has 2 saturated heterocycles. The maximum atomic E-state index is 15.4. The van der Waals surface area contributed by atoms with Crippen LogP contribution in [0.15, 0.2) is 17.1 Å². The largest absolute Gasteiger partial charge is 0.477 e. The van der Waals surface area contributed by atoms with Crippen LogP contribution in [0.4, 0.5) is 10.1 Å². The third-order valence-corrected chi connectivity index (χ3v) is 7.24. The van der Waals surface area contributed by atoms with Gasteiger partial charge >= 0.3 is 5.97 Å². The second-order valence-corrected chi connectivity index (χ2v) is 9.21. The molecule has 1 N–H and O–H groups in total. The van der Waals surface area contributed by atoms with Crippen molar-refractivity contribution >= 4 is 22.6 Å². The molecule has 0 amide bonds. The van der Waals surface area contributed by atoms with Gasteiger partial charge in [0.15, 0.2) is 0 Å². The van der Waals surface area contributed by atoms with E-state index in [0.29, 0.717) is 17.6 Å². The number of hydrogen-bond donors (Lipinski definition) is 1. The number of carboxylic acids is 1. The summed E-state index contributed by atoms with van der Waals surface area (Å²) in [6.45, 7) is 5.78. The van der Waals surface area contributed by atoms with Gasteiger partial charge in [-0.2, -0.15) is 0 Å². The van der Waals surface area contributed by atoms with E-state index in [1.54, 1.807) is 0 Å². The Morgan fingerprint density at radius 2 is 2.03 bits per heavy atom. The smallest absolute Gasteiger partial charge is 0.341 e. The first-order valence-electron chi connectivity index (χ1n) is 10.4. The molecule has 0 radical (unpaired) electrons. The summed E-state index contributed by atoms with van der Waals surface area (Å²) in [6, 6.07) is 1.33. The first-order chi connectivity index (χ1) is 13.8. The number of pyridine rings is 1. The van der Waals surface area contributed by atoms with Crippen LogP contribution >= 0.6 is 0 Å². The van der Waals surface area contributed by atoms with Crippen LogP contribution in [-0.2, 0) is 6.42 Å². The molecule has 2 aromatic rings. The predicted molar refractivity (Wildman–Crippen MR) is 110 cm³/mol. The molecule has 1 aromatic heterocycles. The molecule has 2 fully saturated rings. The Hall–Kier alpha value is -2.41. The maximum Gasteiger partial charge on any atom is 0.341 e. The van der Waals surface area contributed by atoms with Gasteiger partial charge in [0.25, 0.3) is 0 Å². The molecule has 1 aromatic carbocycles. The standard InChI is InChI=1S/C22H26FN3O3/c1-13-3-4-14-18-15(20(27)16(21(28)29)10-26(13)18)9-17(23)19(14)25-8-6-22(12-25)5-7-24(2)11-22/h9-10,13H,3-8,11-12H2,1-2H3,(H,28,29)/t13-,22?/m1/s1. The lowest BCUT2D eigenvalue weighted by Crippen LogP contribution is -2.31. The van der Waals surface area contributed by atoms with Gasteiger partial charge in [0.2, 0.25) is 5.43 Å². The molecule has 3 aliphatic rings. The van der Waals surface area contributed by atoms with Crippen LogP contribution in [0.3, 0.4) is 0 Å². The van der Waals surface area contributed by atoms with E-state index in [1.165, 1.54) is 12.3 Å². The third-order valence-electron chi connectivity index (χ3n) is 7.24. The van der Waals surface area contributed by atoms with Crippen molar-refractivity contribution in [2.75, 3.05) is 38.1 Å². The van der Waals surface area contributed by atoms with Gasteiger partial charge in [0.1, 0.15) is 11.4 Å². The van der Waals surface area contributed by atoms with E-state index >= 15 is 4.39 Å². The van der Waals surface area contributed by atoms with Crippen molar-refractivity contribution in [2.24, 2.45) is 5.41 Å². The van der Waals surface area contributed by atoms with Gasteiger partial charge in [-0.15, -0.1) is 0 Å². The fraction of sp³-hybridized carbons (Fsp3) is 0.545. The Balaban J connectivity index is 1.69. The van der Waals surface area contributed by atoms with Crippen LogP contribution in [0.2, 0.25) is 0 Å². The molecule has 0 saturated carbocycles. The van der Waals surface area contributed by atoms with E-state index in [4.69, 9.17) is 0 Å². The lowest BCUT2D eigenvalue weighted by molar-refractivity contribution is 0.0694. The molecular weight excluding hydrogens is 373 g/mol. The van der Waals surface area contributed by atoms with Crippen LogP contribution in [-0.4, -0.2) is 53.8 Å². The van der Waals surface area contributed by atoms with Crippen LogP contribution in [0.1, 0.15) is 48.1 Å². The summed E-state index contributed by atoms with van der Waals surface area (Å²) in [4.78, 5) is 28.8. The highest BCUT2D eigenvalue weighted by Gasteiger charge is 2.43. The average Bonchev–Trinajstić information content (AvgIpc) is 3.24. The lowest BCUT2D eigenvalue weighted by Gasteiger charge is -2.32. The molecule has 5 rings (SSSR count). The van der Waals surface area contributed by atoms with Crippen LogP contribution in [0.25, 0.3) is 10.9 Å². The number of anilines is 1. The fourth-order valence-electron chi connectivity index (χ4n) is 5.75. The number of rotatable bonds is 2. The molecule has 6 nitrogen and oxygen atoms in total. The zero-order valence-corrected chi connectivity index (χ0v) is 16.9. The van der Waals surface area contributed by atoms with Crippen molar-refractivity contribution in [2.45, 2.75) is 38.6 Å². The molecule has 0 bridgehead atoms. The summed E-state index contributed by atoms with van der Waals surface area (Å²) in [5.41, 5.74) is 1.51. The van der Waals surface area contributed by atoms with Crippen LogP contribution in [0.5, 0.6) is 0 Å². The molecule has 0 aliphatic carbocycles. The number of carboxylic acid groups (broad SMARTS) is 1. The minimum Gasteiger partial charge on any atom is -0.477 e. The highest BCUT2D eigenvalue weighted by Crippen LogP contribution is 2.44. The number of benzene rings is 1. The predicted octanol–water partition coefficient (Wildman–Crippen LogP) is 2.88. The monoisotopic (exact) mass is 399 g/mol. The quantitative estimate of drug-likeness (QED) is 0.841. The topological polar surface area (TPSA) is 65.8 Å². The first kappa shape index (κ1) is 18.6. The Bertz CT molecular complexity index is 1100. The number of aromatic carboxylic acids is 1. The first-order valence-corrected chi connectivity index (χ1v) is 10.4. The van der Waals surface area contributed by atoms with Gasteiger partial charge in [0, 0.05) is 48.2 Å². The van der Waals surface area contributed by atoms with Crippen molar-refractivity contribution in [3.05, 3.63) is 39.4 Å². The molecule has 1 spiro atoms. The Labute approximate surface area is 168 Å². The van der Waals surface area contributed by atoms with Crippen LogP contribution < -0.4 is 10.3 Å². The molecule has 154 valence electrons. The summed E-state index contributed by atoms with van der Waals surface area (Å²) in [5.74, 6) is -1.67. The molecule has 3 aliphatic heterocycles. The Morgan fingerprint density at radius 1 is 1.28 bits per heavy atom. The van der Waals surface area contributed by atoms with Crippen molar-refractivity contribution in [1.29, 1.82) is 0 Å². The number of hydrogen-bond acceptors (Lipinski definition) is 4. The van der Waals surface area contributed by atoms with E-state index in [2.05, 4.69) is 16.8 Å². The number of aromatic nitrogens is 1. The minimum atomic E-state index is -1.27. The molecule has 4 heterocycles. The van der Waals surface area contributed by atoms with E-state index in [9.17, 15) is 14.7 Å². The summed E-state index contributed by atoms with van der Waals surface area (Å²) in [7, 11) is 2.14. The van der Waals surface area contributed by atoms with Crippen molar-refractivity contribution in [1.82, 2.24) is 9.47 Å². The Kier molecular flexibility index (Phi) is 4.04. The van der Waals surface area contributed by atoms with Crippen molar-refractivity contribution < 1.29 is 14.3 Å². The fourth-order valence-corrected chi connectivity index (χ4v) is 5.75. The number of likely N-dealkylation sites (tertiary alicyclic amines) is 1. The highest BCUT2D eigenvalue weighted by molar-refractivity contribution is 5.95. The normalized spacial score (nSPS) is 26.7. The summed E-state index contributed by atoms with van der Waals surface area (Å²) in [5, 5.41) is 9.62. The molecule has 1 unspecified atom stereocenters. The molecule has 2 atom stereocenters. The van der Waals surface area contributed by atoms with Crippen molar-refractivity contribution in [3.63, 3.8) is 0 Å². The molecular formula is C22H26FN3O3. The van der Waals surface area contributed by atoms with Crippen molar-refractivity contribution in [3.8, 4) is 0 Å². The highest BCUT2D eigenvalue weighted by atomic mass is 19.1. The van der Waals surface area contributed by atoms with E-state index in [0.717, 1.165) is 51.0 Å². The summed E-state index contributed by atoms with van der Waals surface area (Å²) in [6.07, 6.45) is 5.12. The number of nitrogens with zero attached hydrogens (tertiary/aromatic N) is 3. The Morgan fingerprint density at radius 3 is 2.72 bits per heavy atom. The summed E-state index contributed by atoms with van der Waals surface area (Å²) >= 11 is 0. The van der Waals surface area contributed by atoms with Gasteiger partial charge in [-0.25, -0.2) is 9.18 Å². The van der Waals surface area contributed by atoms with E-state index in [-0.39, 0.29) is 22.4 Å². The zero-order chi connectivity index (χ0) is 20.5. The molecule has 29 heavy (non-hydrogen) atoms. The lowest BCUT2D eigenvalue weighted by atomic mass is 9.86. The number of carbonyl (C=O) groups is 1. The second-order valence-electron chi connectivity index (χ2n) is 9.21. The number of aryl methyl sites for hydroxylation is 1. The average molecular weight is 399 g/mol. The maximum absolute atomic E-state index is 15.4. The van der Waals surface area contributed by atoms with Gasteiger partial charge in [-0.3, -0.25) is 4.79 Å². The minimum absolute atomic E-state index is 0.0652. The van der Waals surface area contributed by atoms with E-state index < -0.39 is 17.2 Å². The van der Waals surface area contributed by atoms with Gasteiger partial charge in [-0.05, 0) is 52.3 Å². The van der Waals surface area contributed by atoms with Gasteiger partial charge in [0.05, 0.1) is 11.2 Å². The summed E-state index contributed by atoms with van der Waals surface area (Å²) < 4.78 is 17.3. The third kappa shape index (κ3) is 2.70. The molecule has 7 heteroatoms. The second kappa shape index (κ2) is 6.29. The number of halogens is 1. The van der Waals surface area contributed by atoms with Gasteiger partial charge < -0.3 is 19.5 Å². The van der Waals surface area contributed by atoms with Crippen LogP contribution in [0, 0.1) is 11.2 Å².